The van der Waals surface area contributed by atoms with Gasteiger partial charge in [-0.15, -0.1) is 11.3 Å². The van der Waals surface area contributed by atoms with Crippen molar-refractivity contribution >= 4 is 34.4 Å². The Morgan fingerprint density at radius 1 is 1.14 bits per heavy atom. The van der Waals surface area contributed by atoms with Crippen LogP contribution in [-0.4, -0.2) is 16.7 Å². The van der Waals surface area contributed by atoms with Gasteiger partial charge in [0.15, 0.2) is 0 Å². The highest BCUT2D eigenvalue weighted by molar-refractivity contribution is 7.10. The number of rotatable bonds is 6. The topological polar surface area (TPSA) is 70.2 Å². The molecule has 2 aromatic carbocycles. The fourth-order valence-corrected chi connectivity index (χ4v) is 3.95. The van der Waals surface area contributed by atoms with Gasteiger partial charge in [0.25, 0.3) is 0 Å². The average molecular weight is 398 g/mol. The van der Waals surface area contributed by atoms with Crippen molar-refractivity contribution in [3.8, 4) is 6.07 Å². The molecule has 2 aromatic heterocycles. The molecule has 29 heavy (non-hydrogen) atoms. The molecular formula is C23H18N4OS. The molecule has 0 aliphatic carbocycles. The van der Waals surface area contributed by atoms with Gasteiger partial charge >= 0.3 is 0 Å². The number of nitrogens with zero attached hydrogens (tertiary/aromatic N) is 3. The van der Waals surface area contributed by atoms with Crippen molar-refractivity contribution in [2.24, 2.45) is 5.10 Å². The molecule has 0 spiro atoms. The molecule has 4 aromatic rings. The number of benzene rings is 2. The second kappa shape index (κ2) is 8.55. The first kappa shape index (κ1) is 18.7. The zero-order valence-electron chi connectivity index (χ0n) is 15.6. The molecule has 0 radical (unpaired) electrons. The van der Waals surface area contributed by atoms with Crippen molar-refractivity contribution in [2.45, 2.75) is 13.0 Å². The minimum Gasteiger partial charge on any atom is -0.342 e. The third-order valence-electron chi connectivity index (χ3n) is 4.61. The van der Waals surface area contributed by atoms with Gasteiger partial charge in [-0.1, -0.05) is 42.5 Å². The highest BCUT2D eigenvalue weighted by Gasteiger charge is 2.09. The maximum Gasteiger partial charge on any atom is 0.245 e. The van der Waals surface area contributed by atoms with Crippen LogP contribution in [0.25, 0.3) is 10.9 Å². The Balaban J connectivity index is 1.56. The number of aromatic nitrogens is 1. The average Bonchev–Trinajstić information content (AvgIpc) is 3.37. The fourth-order valence-electron chi connectivity index (χ4n) is 3.24. The quantitative estimate of drug-likeness (QED) is 0.388. The number of hydrogen-bond donors (Lipinski definition) is 1. The Hall–Kier alpha value is -3.69. The molecule has 1 N–H and O–H groups in total. The summed E-state index contributed by atoms with van der Waals surface area (Å²) >= 11 is 1.55. The van der Waals surface area contributed by atoms with E-state index < -0.39 is 0 Å². The Kier molecular flexibility index (Phi) is 5.50. The van der Waals surface area contributed by atoms with Gasteiger partial charge in [-0.2, -0.15) is 10.4 Å². The standard InChI is InChI=1S/C23H18N4OS/c24-13-17-6-1-2-7-18(17)15-27-16-19(21-9-3-4-10-22(21)27)14-25-26-23(28)12-20-8-5-11-29-20/h1-11,14,16H,12,15H2,(H,26,28)/b25-14-. The second-order valence-corrected chi connectivity index (χ2v) is 7.58. The molecule has 6 heteroatoms. The summed E-state index contributed by atoms with van der Waals surface area (Å²) in [5, 5.41) is 16.5. The molecular weight excluding hydrogens is 380 g/mol. The van der Waals surface area contributed by atoms with Gasteiger partial charge in [-0.3, -0.25) is 4.79 Å². The molecule has 0 bridgehead atoms. The number of carbonyl (C=O) groups is 1. The van der Waals surface area contributed by atoms with Crippen molar-refractivity contribution in [1.82, 2.24) is 9.99 Å². The van der Waals surface area contributed by atoms with Gasteiger partial charge in [0.05, 0.1) is 24.3 Å². The van der Waals surface area contributed by atoms with Gasteiger partial charge in [-0.25, -0.2) is 5.43 Å². The smallest absolute Gasteiger partial charge is 0.245 e. The largest absolute Gasteiger partial charge is 0.342 e. The number of carbonyl (C=O) groups excluding carboxylic acids is 1. The van der Waals surface area contributed by atoms with E-state index >= 15 is 0 Å². The molecule has 0 atom stereocenters. The van der Waals surface area contributed by atoms with E-state index in [0.29, 0.717) is 18.5 Å². The molecule has 5 nitrogen and oxygen atoms in total. The molecule has 2 heterocycles. The van der Waals surface area contributed by atoms with Crippen LogP contribution in [0.3, 0.4) is 0 Å². The zero-order chi connectivity index (χ0) is 20.1. The number of thiophene rings is 1. The van der Waals surface area contributed by atoms with Crippen molar-refractivity contribution in [3.63, 3.8) is 0 Å². The highest BCUT2D eigenvalue weighted by Crippen LogP contribution is 2.22. The van der Waals surface area contributed by atoms with Crippen molar-refractivity contribution in [3.05, 3.63) is 93.8 Å². The molecule has 0 saturated carbocycles. The molecule has 1 amide bonds. The highest BCUT2D eigenvalue weighted by atomic mass is 32.1. The number of para-hydroxylation sites is 1. The van der Waals surface area contributed by atoms with Crippen LogP contribution in [0.15, 0.2) is 77.3 Å². The van der Waals surface area contributed by atoms with Gasteiger partial charge in [0.2, 0.25) is 5.91 Å². The summed E-state index contributed by atoms with van der Waals surface area (Å²) in [5.74, 6) is -0.143. The molecule has 0 aliphatic heterocycles. The third kappa shape index (κ3) is 4.26. The lowest BCUT2D eigenvalue weighted by Gasteiger charge is -2.07. The van der Waals surface area contributed by atoms with Crippen LogP contribution in [0, 0.1) is 11.3 Å². The van der Waals surface area contributed by atoms with E-state index in [1.54, 1.807) is 17.6 Å². The molecule has 142 valence electrons. The predicted octanol–water partition coefficient (Wildman–Crippen LogP) is 4.32. The Bertz CT molecular complexity index is 1220. The number of fused-ring (bicyclic) bond motifs is 1. The van der Waals surface area contributed by atoms with E-state index in [-0.39, 0.29) is 5.91 Å². The minimum absolute atomic E-state index is 0.143. The Morgan fingerprint density at radius 2 is 1.97 bits per heavy atom. The summed E-state index contributed by atoms with van der Waals surface area (Å²) in [4.78, 5) is 13.0. The van der Waals surface area contributed by atoms with Crippen molar-refractivity contribution < 1.29 is 4.79 Å². The van der Waals surface area contributed by atoms with Crippen LogP contribution in [0.4, 0.5) is 0 Å². The summed E-state index contributed by atoms with van der Waals surface area (Å²) < 4.78 is 2.10. The summed E-state index contributed by atoms with van der Waals surface area (Å²) in [6.45, 7) is 0.586. The molecule has 0 fully saturated rings. The number of nitriles is 1. The van der Waals surface area contributed by atoms with Gasteiger partial charge in [0.1, 0.15) is 0 Å². The first-order chi connectivity index (χ1) is 14.2. The fraction of sp³-hybridized carbons (Fsp3) is 0.0870. The molecule has 4 rings (SSSR count). The normalized spacial score (nSPS) is 11.0. The first-order valence-corrected chi connectivity index (χ1v) is 10.0. The number of hydrazone groups is 1. The molecule has 0 saturated heterocycles. The third-order valence-corrected chi connectivity index (χ3v) is 5.48. The SMILES string of the molecule is N#Cc1ccccc1Cn1cc(/C=N\NC(=O)Cc2cccs2)c2ccccc21. The van der Waals surface area contributed by atoms with Crippen LogP contribution >= 0.6 is 11.3 Å². The second-order valence-electron chi connectivity index (χ2n) is 6.55. The van der Waals surface area contributed by atoms with E-state index in [0.717, 1.165) is 26.9 Å². The predicted molar refractivity (Wildman–Crippen MR) is 116 cm³/mol. The number of nitrogens with one attached hydrogen (secondary N) is 1. The van der Waals surface area contributed by atoms with Crippen LogP contribution in [0.5, 0.6) is 0 Å². The van der Waals surface area contributed by atoms with E-state index in [1.165, 1.54) is 0 Å². The van der Waals surface area contributed by atoms with E-state index in [2.05, 4.69) is 21.2 Å². The van der Waals surface area contributed by atoms with Crippen molar-refractivity contribution in [2.75, 3.05) is 0 Å². The Morgan fingerprint density at radius 3 is 2.79 bits per heavy atom. The summed E-state index contributed by atoms with van der Waals surface area (Å²) in [7, 11) is 0. The maximum absolute atomic E-state index is 12.0. The molecule has 0 aliphatic rings. The summed E-state index contributed by atoms with van der Waals surface area (Å²) in [6.07, 6.45) is 3.98. The maximum atomic E-state index is 12.0. The van der Waals surface area contributed by atoms with Gasteiger partial charge in [0, 0.05) is 34.1 Å². The lowest BCUT2D eigenvalue weighted by Crippen LogP contribution is -2.19. The van der Waals surface area contributed by atoms with Crippen LogP contribution in [-0.2, 0) is 17.8 Å². The monoisotopic (exact) mass is 398 g/mol. The lowest BCUT2D eigenvalue weighted by molar-refractivity contribution is -0.120. The minimum atomic E-state index is -0.143. The number of hydrogen-bond acceptors (Lipinski definition) is 4. The first-order valence-electron chi connectivity index (χ1n) is 9.15. The van der Waals surface area contributed by atoms with Gasteiger partial charge in [-0.05, 0) is 29.1 Å². The summed E-state index contributed by atoms with van der Waals surface area (Å²) in [5.41, 5.74) is 6.18. The van der Waals surface area contributed by atoms with Crippen LogP contribution in [0.2, 0.25) is 0 Å². The Labute approximate surface area is 172 Å². The van der Waals surface area contributed by atoms with Crippen molar-refractivity contribution in [1.29, 1.82) is 5.26 Å². The van der Waals surface area contributed by atoms with Crippen LogP contribution < -0.4 is 5.43 Å². The van der Waals surface area contributed by atoms with Crippen LogP contribution in [0.1, 0.15) is 21.6 Å². The molecule has 0 unspecified atom stereocenters. The number of amides is 1. The zero-order valence-corrected chi connectivity index (χ0v) is 16.4. The van der Waals surface area contributed by atoms with Gasteiger partial charge < -0.3 is 4.57 Å². The van der Waals surface area contributed by atoms with E-state index in [9.17, 15) is 10.1 Å². The lowest BCUT2D eigenvalue weighted by atomic mass is 10.1. The van der Waals surface area contributed by atoms with E-state index in [1.807, 2.05) is 72.2 Å². The summed E-state index contributed by atoms with van der Waals surface area (Å²) in [6, 6.07) is 21.7. The van der Waals surface area contributed by atoms with E-state index in [4.69, 9.17) is 0 Å².